The Hall–Kier alpha value is -1.19. The van der Waals surface area contributed by atoms with Gasteiger partial charge in [0.2, 0.25) is 5.91 Å². The van der Waals surface area contributed by atoms with Gasteiger partial charge in [0.15, 0.2) is 0 Å². The topological polar surface area (TPSA) is 139 Å². The molecule has 0 aromatic heterocycles. The maximum atomic E-state index is 11.2. The molecule has 16 heavy (non-hydrogen) atoms. The van der Waals surface area contributed by atoms with E-state index in [-0.39, 0.29) is 6.54 Å². The SMILES string of the molecule is CCCNS(=O)(=O)N[C@@H](CC(N)=O)C(=O)O. The van der Waals surface area contributed by atoms with Crippen LogP contribution in [0.2, 0.25) is 0 Å². The second-order valence-corrected chi connectivity index (χ2v) is 4.61. The zero-order valence-electron chi connectivity index (χ0n) is 8.76. The van der Waals surface area contributed by atoms with Crippen molar-refractivity contribution < 1.29 is 23.1 Å². The highest BCUT2D eigenvalue weighted by Crippen LogP contribution is 1.94. The number of carbonyl (C=O) groups is 2. The van der Waals surface area contributed by atoms with E-state index >= 15 is 0 Å². The van der Waals surface area contributed by atoms with Crippen LogP contribution in [0.1, 0.15) is 19.8 Å². The molecular weight excluding hydrogens is 238 g/mol. The molecule has 0 spiro atoms. The summed E-state index contributed by atoms with van der Waals surface area (Å²) in [5.41, 5.74) is 4.79. The predicted molar refractivity (Wildman–Crippen MR) is 55.6 cm³/mol. The minimum absolute atomic E-state index is 0.179. The maximum Gasteiger partial charge on any atom is 0.322 e. The summed E-state index contributed by atoms with van der Waals surface area (Å²) in [4.78, 5) is 21.1. The fraction of sp³-hybridized carbons (Fsp3) is 0.714. The molecule has 0 aliphatic heterocycles. The molecule has 0 heterocycles. The highest BCUT2D eigenvalue weighted by atomic mass is 32.2. The molecule has 94 valence electrons. The number of rotatable bonds is 8. The van der Waals surface area contributed by atoms with Crippen molar-refractivity contribution in [3.8, 4) is 0 Å². The van der Waals surface area contributed by atoms with Gasteiger partial charge in [0, 0.05) is 6.54 Å². The minimum atomic E-state index is -3.92. The number of aliphatic carboxylic acids is 1. The van der Waals surface area contributed by atoms with Crippen molar-refractivity contribution in [1.29, 1.82) is 0 Å². The Morgan fingerprint density at radius 2 is 2.00 bits per heavy atom. The van der Waals surface area contributed by atoms with Crippen LogP contribution in [0.15, 0.2) is 0 Å². The summed E-state index contributed by atoms with van der Waals surface area (Å²) >= 11 is 0. The molecule has 0 aliphatic carbocycles. The van der Waals surface area contributed by atoms with Gasteiger partial charge in [0.1, 0.15) is 6.04 Å². The van der Waals surface area contributed by atoms with Crippen LogP contribution < -0.4 is 15.2 Å². The Balaban J connectivity index is 4.50. The maximum absolute atomic E-state index is 11.2. The number of amides is 1. The summed E-state index contributed by atoms with van der Waals surface area (Å²) in [6.45, 7) is 1.93. The van der Waals surface area contributed by atoms with E-state index in [1.807, 2.05) is 4.72 Å². The van der Waals surface area contributed by atoms with Crippen molar-refractivity contribution in [3.05, 3.63) is 0 Å². The third kappa shape index (κ3) is 6.32. The van der Waals surface area contributed by atoms with Gasteiger partial charge in [-0.2, -0.15) is 13.1 Å². The van der Waals surface area contributed by atoms with E-state index in [9.17, 15) is 18.0 Å². The summed E-state index contributed by atoms with van der Waals surface area (Å²) < 4.78 is 26.4. The normalized spacial score (nSPS) is 13.3. The standard InChI is InChI=1S/C7H15N3O5S/c1-2-3-9-16(14,15)10-5(7(12)13)4-6(8)11/h5,9-10H,2-4H2,1H3,(H2,8,11)(H,12,13)/t5-/m0/s1. The fourth-order valence-electron chi connectivity index (χ4n) is 0.846. The van der Waals surface area contributed by atoms with Crippen LogP contribution in [0, 0.1) is 0 Å². The largest absolute Gasteiger partial charge is 0.480 e. The number of primary amides is 1. The van der Waals surface area contributed by atoms with Gasteiger partial charge in [-0.3, -0.25) is 9.59 Å². The van der Waals surface area contributed by atoms with Gasteiger partial charge in [-0.25, -0.2) is 4.72 Å². The van der Waals surface area contributed by atoms with E-state index < -0.39 is 34.5 Å². The number of carboxylic acids is 1. The van der Waals surface area contributed by atoms with E-state index in [2.05, 4.69) is 4.72 Å². The van der Waals surface area contributed by atoms with Crippen LogP contribution in [0.4, 0.5) is 0 Å². The third-order valence-electron chi connectivity index (χ3n) is 1.54. The third-order valence-corrected chi connectivity index (χ3v) is 2.72. The molecule has 0 radical (unpaired) electrons. The molecule has 0 bridgehead atoms. The van der Waals surface area contributed by atoms with Crippen molar-refractivity contribution in [2.45, 2.75) is 25.8 Å². The lowest BCUT2D eigenvalue weighted by Crippen LogP contribution is -2.48. The molecule has 0 aromatic carbocycles. The molecule has 0 fully saturated rings. The van der Waals surface area contributed by atoms with E-state index in [0.29, 0.717) is 6.42 Å². The zero-order valence-corrected chi connectivity index (χ0v) is 9.58. The van der Waals surface area contributed by atoms with E-state index in [1.54, 1.807) is 6.92 Å². The van der Waals surface area contributed by atoms with Crippen molar-refractivity contribution >= 4 is 22.1 Å². The first-order chi connectivity index (χ1) is 7.28. The number of nitrogens with one attached hydrogen (secondary N) is 2. The van der Waals surface area contributed by atoms with Gasteiger partial charge in [-0.05, 0) is 6.42 Å². The molecule has 0 aliphatic rings. The lowest BCUT2D eigenvalue weighted by Gasteiger charge is -2.13. The molecule has 1 amide bonds. The number of hydrogen-bond acceptors (Lipinski definition) is 4. The number of nitrogens with two attached hydrogens (primary N) is 1. The summed E-state index contributed by atoms with van der Waals surface area (Å²) in [6.07, 6.45) is -0.0309. The van der Waals surface area contributed by atoms with Crippen LogP contribution in [-0.4, -0.2) is 38.0 Å². The predicted octanol–water partition coefficient (Wildman–Crippen LogP) is -1.85. The van der Waals surface area contributed by atoms with Crippen LogP contribution >= 0.6 is 0 Å². The number of carbonyl (C=O) groups excluding carboxylic acids is 1. The van der Waals surface area contributed by atoms with Crippen LogP contribution in [-0.2, 0) is 19.8 Å². The molecule has 0 rings (SSSR count). The minimum Gasteiger partial charge on any atom is -0.480 e. The van der Waals surface area contributed by atoms with Gasteiger partial charge < -0.3 is 10.8 Å². The van der Waals surface area contributed by atoms with Crippen LogP contribution in [0.25, 0.3) is 0 Å². The smallest absolute Gasteiger partial charge is 0.322 e. The summed E-state index contributed by atoms with van der Waals surface area (Å²) in [5.74, 6) is -2.36. The summed E-state index contributed by atoms with van der Waals surface area (Å²) in [5, 5.41) is 8.65. The van der Waals surface area contributed by atoms with E-state index in [0.717, 1.165) is 0 Å². The Bertz CT molecular complexity index is 353. The first-order valence-corrected chi connectivity index (χ1v) is 6.05. The Morgan fingerprint density at radius 1 is 1.44 bits per heavy atom. The number of hydrogen-bond donors (Lipinski definition) is 4. The zero-order chi connectivity index (χ0) is 12.8. The average Bonchev–Trinajstić information content (AvgIpc) is 2.12. The average molecular weight is 253 g/mol. The van der Waals surface area contributed by atoms with Gasteiger partial charge >= 0.3 is 5.97 Å². The molecule has 0 unspecified atom stereocenters. The van der Waals surface area contributed by atoms with Crippen molar-refractivity contribution in [2.24, 2.45) is 5.73 Å². The fourth-order valence-corrected chi connectivity index (χ4v) is 1.96. The van der Waals surface area contributed by atoms with Crippen molar-refractivity contribution in [3.63, 3.8) is 0 Å². The van der Waals surface area contributed by atoms with Crippen molar-refractivity contribution in [2.75, 3.05) is 6.54 Å². The van der Waals surface area contributed by atoms with Gasteiger partial charge in [0.25, 0.3) is 10.2 Å². The molecule has 0 saturated heterocycles. The summed E-state index contributed by atoms with van der Waals surface area (Å²) in [7, 11) is -3.92. The second-order valence-electron chi connectivity index (χ2n) is 3.08. The molecule has 0 saturated carbocycles. The van der Waals surface area contributed by atoms with Gasteiger partial charge in [0.05, 0.1) is 6.42 Å². The van der Waals surface area contributed by atoms with Crippen molar-refractivity contribution in [1.82, 2.24) is 9.44 Å². The Morgan fingerprint density at radius 3 is 2.38 bits per heavy atom. The quantitative estimate of drug-likeness (QED) is 0.402. The molecule has 9 heteroatoms. The van der Waals surface area contributed by atoms with Gasteiger partial charge in [-0.15, -0.1) is 0 Å². The van der Waals surface area contributed by atoms with Crippen LogP contribution in [0.3, 0.4) is 0 Å². The molecule has 5 N–H and O–H groups in total. The second kappa shape index (κ2) is 6.40. The Labute approximate surface area is 93.4 Å². The lowest BCUT2D eigenvalue weighted by molar-refractivity contribution is -0.140. The molecular formula is C7H15N3O5S. The first kappa shape index (κ1) is 14.8. The van der Waals surface area contributed by atoms with Crippen LogP contribution in [0.5, 0.6) is 0 Å². The monoisotopic (exact) mass is 253 g/mol. The molecule has 0 aromatic rings. The highest BCUT2D eigenvalue weighted by Gasteiger charge is 2.25. The first-order valence-electron chi connectivity index (χ1n) is 4.56. The molecule has 8 nitrogen and oxygen atoms in total. The van der Waals surface area contributed by atoms with E-state index in [1.165, 1.54) is 0 Å². The lowest BCUT2D eigenvalue weighted by atomic mass is 10.2. The highest BCUT2D eigenvalue weighted by molar-refractivity contribution is 7.87. The molecule has 1 atom stereocenters. The summed E-state index contributed by atoms with van der Waals surface area (Å²) in [6, 6.07) is -1.55. The van der Waals surface area contributed by atoms with Gasteiger partial charge in [-0.1, -0.05) is 6.92 Å². The Kier molecular flexibility index (Phi) is 5.93. The van der Waals surface area contributed by atoms with E-state index in [4.69, 9.17) is 10.8 Å². The number of carboxylic acid groups (broad SMARTS) is 1.